The van der Waals surface area contributed by atoms with Crippen LogP contribution in [0.3, 0.4) is 0 Å². The summed E-state index contributed by atoms with van der Waals surface area (Å²) in [7, 11) is 0. The maximum Gasteiger partial charge on any atom is 0.304 e. The summed E-state index contributed by atoms with van der Waals surface area (Å²) in [6.07, 6.45) is 1.04. The number of carboxylic acids is 1. The molecule has 1 aromatic rings. The van der Waals surface area contributed by atoms with Gasteiger partial charge in [0.15, 0.2) is 11.5 Å². The molecule has 6 heteroatoms. The fourth-order valence-corrected chi connectivity index (χ4v) is 2.36. The van der Waals surface area contributed by atoms with Crippen LogP contribution in [0.15, 0.2) is 16.6 Å². The van der Waals surface area contributed by atoms with Gasteiger partial charge in [0.05, 0.1) is 24.1 Å². The lowest BCUT2D eigenvalue weighted by Crippen LogP contribution is -2.17. The summed E-state index contributed by atoms with van der Waals surface area (Å²) in [5, 5.41) is 11.7. The third-order valence-corrected chi connectivity index (χ3v) is 3.25. The minimum Gasteiger partial charge on any atom is -0.490 e. The van der Waals surface area contributed by atoms with Crippen molar-refractivity contribution < 1.29 is 19.4 Å². The largest absolute Gasteiger partial charge is 0.490 e. The van der Waals surface area contributed by atoms with Crippen LogP contribution in [0.2, 0.25) is 0 Å². The van der Waals surface area contributed by atoms with Crippen molar-refractivity contribution in [3.05, 3.63) is 22.2 Å². The molecule has 0 aliphatic rings. The Bertz CT molecular complexity index is 465. The van der Waals surface area contributed by atoms with Gasteiger partial charge in [-0.1, -0.05) is 6.92 Å². The Morgan fingerprint density at radius 3 is 2.71 bits per heavy atom. The molecule has 0 saturated heterocycles. The van der Waals surface area contributed by atoms with Crippen LogP contribution < -0.4 is 14.8 Å². The molecule has 0 spiro atoms. The lowest BCUT2D eigenvalue weighted by molar-refractivity contribution is -0.136. The molecule has 21 heavy (non-hydrogen) atoms. The molecule has 0 amide bonds. The van der Waals surface area contributed by atoms with Crippen molar-refractivity contribution in [3.8, 4) is 11.5 Å². The number of benzene rings is 1. The molecule has 2 N–H and O–H groups in total. The van der Waals surface area contributed by atoms with Crippen LogP contribution in [0.1, 0.15) is 32.3 Å². The highest BCUT2D eigenvalue weighted by atomic mass is 79.9. The molecule has 0 bridgehead atoms. The Hall–Kier alpha value is -1.27. The van der Waals surface area contributed by atoms with Crippen LogP contribution in [-0.4, -0.2) is 30.8 Å². The zero-order valence-corrected chi connectivity index (χ0v) is 14.0. The van der Waals surface area contributed by atoms with Crippen LogP contribution >= 0.6 is 15.9 Å². The number of hydrogen-bond acceptors (Lipinski definition) is 4. The predicted molar refractivity (Wildman–Crippen MR) is 85.1 cm³/mol. The molecule has 0 fully saturated rings. The summed E-state index contributed by atoms with van der Waals surface area (Å²) >= 11 is 3.50. The normalized spacial score (nSPS) is 10.4. The van der Waals surface area contributed by atoms with E-state index in [1.165, 1.54) is 0 Å². The van der Waals surface area contributed by atoms with E-state index in [0.29, 0.717) is 37.8 Å². The molecule has 0 aliphatic heterocycles. The van der Waals surface area contributed by atoms with Crippen LogP contribution in [0.4, 0.5) is 0 Å². The van der Waals surface area contributed by atoms with Crippen LogP contribution in [0.5, 0.6) is 11.5 Å². The fraction of sp³-hybridized carbons (Fsp3) is 0.533. The summed E-state index contributed by atoms with van der Waals surface area (Å²) in [5.41, 5.74) is 1.01. The van der Waals surface area contributed by atoms with Crippen molar-refractivity contribution in [2.24, 2.45) is 0 Å². The minimum atomic E-state index is -0.804. The molecule has 118 valence electrons. The Morgan fingerprint density at radius 2 is 2.10 bits per heavy atom. The molecule has 1 aromatic carbocycles. The van der Waals surface area contributed by atoms with Gasteiger partial charge in [-0.25, -0.2) is 0 Å². The number of aliphatic carboxylic acids is 1. The molecule has 0 unspecified atom stereocenters. The third-order valence-electron chi connectivity index (χ3n) is 2.66. The molecular formula is C15H22BrNO4. The molecule has 0 saturated carbocycles. The maximum atomic E-state index is 10.5. The molecular weight excluding hydrogens is 338 g/mol. The molecule has 5 nitrogen and oxygen atoms in total. The number of rotatable bonds is 10. The Balaban J connectivity index is 2.75. The third kappa shape index (κ3) is 6.35. The monoisotopic (exact) mass is 359 g/mol. The van der Waals surface area contributed by atoms with Gasteiger partial charge in [-0.2, -0.15) is 0 Å². The van der Waals surface area contributed by atoms with E-state index in [1.54, 1.807) is 0 Å². The van der Waals surface area contributed by atoms with E-state index in [2.05, 4.69) is 28.2 Å². The van der Waals surface area contributed by atoms with Crippen LogP contribution in [-0.2, 0) is 11.3 Å². The second-order valence-corrected chi connectivity index (χ2v) is 5.36. The van der Waals surface area contributed by atoms with Crippen molar-refractivity contribution in [2.75, 3.05) is 19.8 Å². The van der Waals surface area contributed by atoms with Crippen LogP contribution in [0.25, 0.3) is 0 Å². The molecule has 1 rings (SSSR count). The van der Waals surface area contributed by atoms with E-state index in [1.807, 2.05) is 19.1 Å². The van der Waals surface area contributed by atoms with Gasteiger partial charge in [0.1, 0.15) is 0 Å². The summed E-state index contributed by atoms with van der Waals surface area (Å²) in [5.74, 6) is 0.616. The Labute approximate surface area is 133 Å². The summed E-state index contributed by atoms with van der Waals surface area (Å²) < 4.78 is 12.2. The van der Waals surface area contributed by atoms with Crippen molar-refractivity contribution in [1.82, 2.24) is 5.32 Å². The second kappa shape index (κ2) is 9.63. The summed E-state index contributed by atoms with van der Waals surface area (Å²) in [6.45, 7) is 6.19. The highest BCUT2D eigenvalue weighted by molar-refractivity contribution is 9.10. The van der Waals surface area contributed by atoms with Gasteiger partial charge >= 0.3 is 5.97 Å². The highest BCUT2D eigenvalue weighted by Gasteiger charge is 2.12. The van der Waals surface area contributed by atoms with Gasteiger partial charge in [-0.05, 0) is 47.0 Å². The smallest absolute Gasteiger partial charge is 0.304 e. The van der Waals surface area contributed by atoms with Crippen molar-refractivity contribution in [1.29, 1.82) is 0 Å². The van der Waals surface area contributed by atoms with E-state index in [-0.39, 0.29) is 6.42 Å². The lowest BCUT2D eigenvalue weighted by Gasteiger charge is -2.15. The number of hydrogen-bond donors (Lipinski definition) is 2. The van der Waals surface area contributed by atoms with E-state index < -0.39 is 5.97 Å². The first kappa shape index (κ1) is 17.8. The fourth-order valence-electron chi connectivity index (χ4n) is 1.76. The van der Waals surface area contributed by atoms with E-state index in [9.17, 15) is 4.79 Å². The standard InChI is InChI=1S/C15H22BrNO4/c1-3-7-21-15-12(16)8-11(9-13(15)20-4-2)10-17-6-5-14(18)19/h8-9,17H,3-7,10H2,1-2H3,(H,18,19). The average Bonchev–Trinajstić information content (AvgIpc) is 2.43. The highest BCUT2D eigenvalue weighted by Crippen LogP contribution is 2.37. The molecule has 0 heterocycles. The predicted octanol–water partition coefficient (Wildman–Crippen LogP) is 3.20. The summed E-state index contributed by atoms with van der Waals surface area (Å²) in [4.78, 5) is 10.5. The zero-order valence-electron chi connectivity index (χ0n) is 12.4. The molecule has 0 aromatic heterocycles. The SMILES string of the molecule is CCCOc1c(Br)cc(CNCCC(=O)O)cc1OCC. The van der Waals surface area contributed by atoms with Gasteiger partial charge in [0, 0.05) is 13.1 Å². The topological polar surface area (TPSA) is 67.8 Å². The average molecular weight is 360 g/mol. The van der Waals surface area contributed by atoms with Gasteiger partial charge in [-0.3, -0.25) is 4.79 Å². The van der Waals surface area contributed by atoms with E-state index >= 15 is 0 Å². The van der Waals surface area contributed by atoms with E-state index in [0.717, 1.165) is 16.5 Å². The number of carboxylic acid groups (broad SMARTS) is 1. The number of nitrogens with one attached hydrogen (secondary N) is 1. The zero-order chi connectivity index (χ0) is 15.7. The van der Waals surface area contributed by atoms with Crippen molar-refractivity contribution in [2.45, 2.75) is 33.2 Å². The van der Waals surface area contributed by atoms with E-state index in [4.69, 9.17) is 14.6 Å². The Kier molecular flexibility index (Phi) is 8.15. The van der Waals surface area contributed by atoms with Crippen LogP contribution in [0, 0.1) is 0 Å². The lowest BCUT2D eigenvalue weighted by atomic mass is 10.2. The molecule has 0 aliphatic carbocycles. The minimum absolute atomic E-state index is 0.108. The second-order valence-electron chi connectivity index (χ2n) is 4.51. The molecule has 0 radical (unpaired) electrons. The van der Waals surface area contributed by atoms with Gasteiger partial charge in [-0.15, -0.1) is 0 Å². The van der Waals surface area contributed by atoms with Gasteiger partial charge in [0.2, 0.25) is 0 Å². The number of halogens is 1. The van der Waals surface area contributed by atoms with Crippen molar-refractivity contribution >= 4 is 21.9 Å². The number of ether oxygens (including phenoxy) is 2. The number of carbonyl (C=O) groups is 1. The maximum absolute atomic E-state index is 10.5. The summed E-state index contributed by atoms with van der Waals surface area (Å²) in [6, 6.07) is 3.88. The van der Waals surface area contributed by atoms with Gasteiger partial charge < -0.3 is 19.9 Å². The first-order valence-electron chi connectivity index (χ1n) is 7.09. The first-order valence-corrected chi connectivity index (χ1v) is 7.88. The van der Waals surface area contributed by atoms with Gasteiger partial charge in [0.25, 0.3) is 0 Å². The first-order chi connectivity index (χ1) is 10.1. The molecule has 0 atom stereocenters. The quantitative estimate of drug-likeness (QED) is 0.627. The van der Waals surface area contributed by atoms with Crippen molar-refractivity contribution in [3.63, 3.8) is 0 Å². The Morgan fingerprint density at radius 1 is 1.33 bits per heavy atom.